The van der Waals surface area contributed by atoms with Crippen molar-refractivity contribution in [2.24, 2.45) is 0 Å². The number of urea groups is 1. The van der Waals surface area contributed by atoms with E-state index in [0.717, 1.165) is 21.8 Å². The van der Waals surface area contributed by atoms with E-state index in [1.165, 1.54) is 0 Å². The van der Waals surface area contributed by atoms with Gasteiger partial charge in [-0.2, -0.15) is 0 Å². The molecule has 2 aromatic rings. The standard InChI is InChI=1S/C17H23N3O2S/c1-17(2,3)14-11-23-15(20-14)9-19-16(22)18-8-12-6-4-5-7-13(12)10-21/h4-7,11,21H,8-10H2,1-3H3,(H2,18,19,22). The number of aliphatic hydroxyl groups is 1. The molecule has 6 heteroatoms. The topological polar surface area (TPSA) is 74.2 Å². The van der Waals surface area contributed by atoms with Crippen molar-refractivity contribution in [1.82, 2.24) is 15.6 Å². The predicted octanol–water partition coefficient (Wildman–Crippen LogP) is 2.93. The number of nitrogens with one attached hydrogen (secondary N) is 2. The van der Waals surface area contributed by atoms with Gasteiger partial charge < -0.3 is 15.7 Å². The summed E-state index contributed by atoms with van der Waals surface area (Å²) in [4.78, 5) is 16.4. The largest absolute Gasteiger partial charge is 0.392 e. The average molecular weight is 333 g/mol. The van der Waals surface area contributed by atoms with E-state index in [1.807, 2.05) is 29.6 Å². The zero-order valence-corrected chi connectivity index (χ0v) is 14.5. The Balaban J connectivity index is 1.82. The van der Waals surface area contributed by atoms with Crippen molar-refractivity contribution in [2.75, 3.05) is 0 Å². The van der Waals surface area contributed by atoms with Gasteiger partial charge in [-0.1, -0.05) is 45.0 Å². The van der Waals surface area contributed by atoms with E-state index < -0.39 is 0 Å². The Kier molecular flexibility index (Phi) is 5.74. The number of hydrogen-bond donors (Lipinski definition) is 3. The van der Waals surface area contributed by atoms with Crippen LogP contribution in [0.15, 0.2) is 29.6 Å². The lowest BCUT2D eigenvalue weighted by Crippen LogP contribution is -2.34. The maximum atomic E-state index is 11.9. The minimum Gasteiger partial charge on any atom is -0.392 e. The van der Waals surface area contributed by atoms with Crippen molar-refractivity contribution in [3.8, 4) is 0 Å². The maximum absolute atomic E-state index is 11.9. The molecule has 0 spiro atoms. The number of carbonyl (C=O) groups excluding carboxylic acids is 1. The second-order valence-corrected chi connectivity index (χ2v) is 7.28. The summed E-state index contributed by atoms with van der Waals surface area (Å²) in [5.41, 5.74) is 2.79. The summed E-state index contributed by atoms with van der Waals surface area (Å²) in [7, 11) is 0. The fourth-order valence-electron chi connectivity index (χ4n) is 2.01. The van der Waals surface area contributed by atoms with Gasteiger partial charge in [0.15, 0.2) is 0 Å². The Morgan fingerprint density at radius 2 is 1.83 bits per heavy atom. The van der Waals surface area contributed by atoms with Crippen LogP contribution in [0.25, 0.3) is 0 Å². The molecule has 0 unspecified atom stereocenters. The van der Waals surface area contributed by atoms with Crippen LogP contribution in [0, 0.1) is 0 Å². The maximum Gasteiger partial charge on any atom is 0.315 e. The second-order valence-electron chi connectivity index (χ2n) is 6.34. The summed E-state index contributed by atoms with van der Waals surface area (Å²) in [6.45, 7) is 7.11. The number of rotatable bonds is 5. The van der Waals surface area contributed by atoms with Crippen LogP contribution in [-0.4, -0.2) is 16.1 Å². The van der Waals surface area contributed by atoms with Gasteiger partial charge in [0.05, 0.1) is 18.8 Å². The quantitative estimate of drug-likeness (QED) is 0.787. The van der Waals surface area contributed by atoms with Crippen LogP contribution in [0.1, 0.15) is 42.6 Å². The van der Waals surface area contributed by atoms with E-state index >= 15 is 0 Å². The normalized spacial score (nSPS) is 11.3. The van der Waals surface area contributed by atoms with Crippen molar-refractivity contribution < 1.29 is 9.90 Å². The van der Waals surface area contributed by atoms with Crippen molar-refractivity contribution in [3.05, 3.63) is 51.5 Å². The number of aromatic nitrogens is 1. The number of benzene rings is 1. The monoisotopic (exact) mass is 333 g/mol. The fraction of sp³-hybridized carbons (Fsp3) is 0.412. The predicted molar refractivity (Wildman–Crippen MR) is 92.3 cm³/mol. The summed E-state index contributed by atoms with van der Waals surface area (Å²) in [6.07, 6.45) is 0. The highest BCUT2D eigenvalue weighted by atomic mass is 32.1. The van der Waals surface area contributed by atoms with Crippen LogP contribution in [0.5, 0.6) is 0 Å². The average Bonchev–Trinajstić information content (AvgIpc) is 3.00. The molecule has 0 bridgehead atoms. The van der Waals surface area contributed by atoms with Gasteiger partial charge in [-0.15, -0.1) is 11.3 Å². The molecule has 0 saturated heterocycles. The summed E-state index contributed by atoms with van der Waals surface area (Å²) in [5, 5.41) is 17.8. The lowest BCUT2D eigenvalue weighted by molar-refractivity contribution is 0.239. The van der Waals surface area contributed by atoms with Gasteiger partial charge in [0.2, 0.25) is 0 Å². The number of aliphatic hydroxyl groups excluding tert-OH is 1. The molecule has 1 heterocycles. The van der Waals surface area contributed by atoms with Gasteiger partial charge in [-0.3, -0.25) is 0 Å². The molecule has 0 fully saturated rings. The van der Waals surface area contributed by atoms with E-state index in [0.29, 0.717) is 13.1 Å². The highest BCUT2D eigenvalue weighted by molar-refractivity contribution is 7.09. The first-order valence-corrected chi connectivity index (χ1v) is 8.42. The molecule has 2 rings (SSSR count). The van der Waals surface area contributed by atoms with E-state index in [1.54, 1.807) is 11.3 Å². The van der Waals surface area contributed by atoms with Crippen LogP contribution >= 0.6 is 11.3 Å². The number of thiazole rings is 1. The molecule has 0 saturated carbocycles. The minimum atomic E-state index is -0.245. The summed E-state index contributed by atoms with van der Waals surface area (Å²) in [6, 6.07) is 7.24. The lowest BCUT2D eigenvalue weighted by Gasteiger charge is -2.14. The van der Waals surface area contributed by atoms with Gasteiger partial charge in [0.25, 0.3) is 0 Å². The highest BCUT2D eigenvalue weighted by Gasteiger charge is 2.17. The third kappa shape index (κ3) is 5.04. The molecule has 124 valence electrons. The molecule has 0 aliphatic rings. The van der Waals surface area contributed by atoms with Crippen LogP contribution in [-0.2, 0) is 25.1 Å². The third-order valence-corrected chi connectivity index (χ3v) is 4.30. The summed E-state index contributed by atoms with van der Waals surface area (Å²) >= 11 is 1.55. The molecule has 2 amide bonds. The van der Waals surface area contributed by atoms with Crippen molar-refractivity contribution >= 4 is 17.4 Å². The number of carbonyl (C=O) groups is 1. The Morgan fingerprint density at radius 1 is 1.17 bits per heavy atom. The van der Waals surface area contributed by atoms with E-state index in [-0.39, 0.29) is 18.1 Å². The number of amides is 2. The molecule has 0 radical (unpaired) electrons. The minimum absolute atomic E-state index is 0.0189. The zero-order chi connectivity index (χ0) is 16.9. The lowest BCUT2D eigenvalue weighted by atomic mass is 9.93. The number of nitrogens with zero attached hydrogens (tertiary/aromatic N) is 1. The molecule has 1 aromatic heterocycles. The zero-order valence-electron chi connectivity index (χ0n) is 13.7. The second kappa shape index (κ2) is 7.57. The molecule has 0 aliphatic heterocycles. The smallest absolute Gasteiger partial charge is 0.315 e. The van der Waals surface area contributed by atoms with E-state index in [9.17, 15) is 9.90 Å². The fourth-order valence-corrected chi connectivity index (χ4v) is 2.98. The summed E-state index contributed by atoms with van der Waals surface area (Å²) in [5.74, 6) is 0. The van der Waals surface area contributed by atoms with E-state index in [4.69, 9.17) is 0 Å². The molecule has 23 heavy (non-hydrogen) atoms. The Bertz CT molecular complexity index is 662. The SMILES string of the molecule is CC(C)(C)c1csc(CNC(=O)NCc2ccccc2CO)n1. The Labute approximate surface area is 140 Å². The van der Waals surface area contributed by atoms with Gasteiger partial charge >= 0.3 is 6.03 Å². The van der Waals surface area contributed by atoms with Crippen LogP contribution in [0.2, 0.25) is 0 Å². The number of hydrogen-bond acceptors (Lipinski definition) is 4. The van der Waals surface area contributed by atoms with Crippen molar-refractivity contribution in [3.63, 3.8) is 0 Å². The van der Waals surface area contributed by atoms with Crippen LogP contribution < -0.4 is 10.6 Å². The molecule has 3 N–H and O–H groups in total. The first-order valence-electron chi connectivity index (χ1n) is 7.54. The molecular weight excluding hydrogens is 310 g/mol. The van der Waals surface area contributed by atoms with Gasteiger partial charge in [0, 0.05) is 17.3 Å². The van der Waals surface area contributed by atoms with Gasteiger partial charge in [0.1, 0.15) is 5.01 Å². The van der Waals surface area contributed by atoms with Gasteiger partial charge in [-0.25, -0.2) is 9.78 Å². The molecule has 0 aliphatic carbocycles. The van der Waals surface area contributed by atoms with Crippen LogP contribution in [0.4, 0.5) is 4.79 Å². The Hall–Kier alpha value is -1.92. The third-order valence-electron chi connectivity index (χ3n) is 3.45. The Morgan fingerprint density at radius 3 is 2.43 bits per heavy atom. The highest BCUT2D eigenvalue weighted by Crippen LogP contribution is 2.23. The molecule has 0 atom stereocenters. The summed E-state index contributed by atoms with van der Waals surface area (Å²) < 4.78 is 0. The van der Waals surface area contributed by atoms with Crippen molar-refractivity contribution in [2.45, 2.75) is 45.9 Å². The molecular formula is C17H23N3O2S. The van der Waals surface area contributed by atoms with Gasteiger partial charge in [-0.05, 0) is 11.1 Å². The molecule has 1 aromatic carbocycles. The van der Waals surface area contributed by atoms with E-state index in [2.05, 4.69) is 36.4 Å². The molecule has 5 nitrogen and oxygen atoms in total. The van der Waals surface area contributed by atoms with Crippen LogP contribution in [0.3, 0.4) is 0 Å². The van der Waals surface area contributed by atoms with Crippen molar-refractivity contribution in [1.29, 1.82) is 0 Å². The first kappa shape index (κ1) is 17.4. The first-order chi connectivity index (χ1) is 10.9.